The van der Waals surface area contributed by atoms with Crippen molar-refractivity contribution in [3.63, 3.8) is 0 Å². The first-order valence-electron chi connectivity index (χ1n) is 7.54. The smallest absolute Gasteiger partial charge is 0.265 e. The second-order valence-corrected chi connectivity index (χ2v) is 6.45. The van der Waals surface area contributed by atoms with E-state index in [4.69, 9.17) is 23.2 Å². The van der Waals surface area contributed by atoms with Crippen LogP contribution >= 0.6 is 23.2 Å². The zero-order valence-corrected chi connectivity index (χ0v) is 14.7. The molecule has 0 aliphatic heterocycles. The number of hydrogen-bond acceptors (Lipinski definition) is 3. The van der Waals surface area contributed by atoms with E-state index in [0.717, 1.165) is 0 Å². The molecule has 0 aliphatic rings. The van der Waals surface area contributed by atoms with Crippen molar-refractivity contribution < 1.29 is 0 Å². The summed E-state index contributed by atoms with van der Waals surface area (Å²) in [5.74, 6) is 0. The zero-order valence-electron chi connectivity index (χ0n) is 13.1. The lowest BCUT2D eigenvalue weighted by molar-refractivity contribution is 0.791. The quantitative estimate of drug-likeness (QED) is 0.531. The molecule has 0 atom stereocenters. The van der Waals surface area contributed by atoms with Crippen LogP contribution in [0.2, 0.25) is 10.0 Å². The Morgan fingerprint density at radius 1 is 0.920 bits per heavy atom. The molecule has 0 saturated heterocycles. The van der Waals surface area contributed by atoms with Crippen LogP contribution in [-0.4, -0.2) is 19.6 Å². The van der Waals surface area contributed by atoms with Crippen LogP contribution in [0.1, 0.15) is 5.69 Å². The number of aromatic nitrogens is 4. The van der Waals surface area contributed by atoms with Crippen LogP contribution in [-0.2, 0) is 0 Å². The zero-order chi connectivity index (χ0) is 17.6. The topological polar surface area (TPSA) is 52.7 Å². The first-order valence-corrected chi connectivity index (χ1v) is 8.30. The summed E-state index contributed by atoms with van der Waals surface area (Å²) < 4.78 is 2.95. The van der Waals surface area contributed by atoms with Gasteiger partial charge in [0.05, 0.1) is 23.3 Å². The molecule has 2 heterocycles. The fraction of sp³-hybridized carbons (Fsp3) is 0.0556. The maximum Gasteiger partial charge on any atom is 0.298 e. The molecular formula is C18H12Cl2N4O. The predicted molar refractivity (Wildman–Crippen MR) is 99.2 cm³/mol. The third-order valence-corrected chi connectivity index (χ3v) is 4.42. The molecule has 0 aliphatic carbocycles. The van der Waals surface area contributed by atoms with E-state index >= 15 is 0 Å². The van der Waals surface area contributed by atoms with E-state index in [-0.39, 0.29) is 5.56 Å². The molecule has 7 heteroatoms. The third-order valence-electron chi connectivity index (χ3n) is 3.93. The highest BCUT2D eigenvalue weighted by atomic mass is 35.5. The molecule has 0 amide bonds. The second-order valence-electron chi connectivity index (χ2n) is 5.58. The Labute approximate surface area is 153 Å². The van der Waals surface area contributed by atoms with Crippen LogP contribution in [0.4, 0.5) is 0 Å². The van der Waals surface area contributed by atoms with Crippen LogP contribution in [0.3, 0.4) is 0 Å². The summed E-state index contributed by atoms with van der Waals surface area (Å²) in [5, 5.41) is 10.6. The standard InChI is InChI=1S/C18H12Cl2N4O/c1-11-16-10-21-23(15-4-2-3-13(20)9-15)17(16)18(25)24(22-11)14-7-5-12(19)6-8-14/h2-10H,1H3. The van der Waals surface area contributed by atoms with Gasteiger partial charge in [0, 0.05) is 15.4 Å². The molecule has 5 nitrogen and oxygen atoms in total. The van der Waals surface area contributed by atoms with Crippen molar-refractivity contribution in [1.82, 2.24) is 19.6 Å². The van der Waals surface area contributed by atoms with Crippen LogP contribution in [0.15, 0.2) is 59.5 Å². The van der Waals surface area contributed by atoms with Crippen LogP contribution in [0, 0.1) is 6.92 Å². The van der Waals surface area contributed by atoms with Gasteiger partial charge in [-0.25, -0.2) is 4.68 Å². The molecule has 0 spiro atoms. The molecule has 4 rings (SSSR count). The Bertz CT molecular complexity index is 1150. The van der Waals surface area contributed by atoms with Crippen molar-refractivity contribution in [3.05, 3.63) is 80.8 Å². The molecule has 0 bridgehead atoms. The van der Waals surface area contributed by atoms with Gasteiger partial charge in [0.2, 0.25) is 0 Å². The number of rotatable bonds is 2. The molecule has 2 aromatic carbocycles. The van der Waals surface area contributed by atoms with Gasteiger partial charge in [-0.3, -0.25) is 4.79 Å². The van der Waals surface area contributed by atoms with E-state index in [2.05, 4.69) is 10.2 Å². The normalized spacial score (nSPS) is 11.2. The number of nitrogens with zero attached hydrogens (tertiary/aromatic N) is 4. The second kappa shape index (κ2) is 6.02. The average Bonchev–Trinajstić information content (AvgIpc) is 3.05. The van der Waals surface area contributed by atoms with Crippen molar-refractivity contribution in [2.75, 3.05) is 0 Å². The lowest BCUT2D eigenvalue weighted by atomic mass is 10.2. The number of aryl methyl sites for hydroxylation is 1. The fourth-order valence-corrected chi connectivity index (χ4v) is 3.04. The van der Waals surface area contributed by atoms with Crippen molar-refractivity contribution in [2.45, 2.75) is 6.92 Å². The van der Waals surface area contributed by atoms with Crippen molar-refractivity contribution >= 4 is 34.1 Å². The molecule has 0 fully saturated rings. The highest BCUT2D eigenvalue weighted by molar-refractivity contribution is 6.31. The van der Waals surface area contributed by atoms with Crippen molar-refractivity contribution in [3.8, 4) is 11.4 Å². The molecule has 4 aromatic rings. The molecular weight excluding hydrogens is 359 g/mol. The summed E-state index contributed by atoms with van der Waals surface area (Å²) in [6.45, 7) is 1.85. The summed E-state index contributed by atoms with van der Waals surface area (Å²) in [6, 6.07) is 14.1. The van der Waals surface area contributed by atoms with E-state index < -0.39 is 0 Å². The fourth-order valence-electron chi connectivity index (χ4n) is 2.73. The van der Waals surface area contributed by atoms with Gasteiger partial charge in [-0.05, 0) is 49.4 Å². The van der Waals surface area contributed by atoms with Crippen LogP contribution < -0.4 is 5.56 Å². The summed E-state index contributed by atoms with van der Waals surface area (Å²) >= 11 is 12.0. The van der Waals surface area contributed by atoms with E-state index in [0.29, 0.717) is 38.0 Å². The summed E-state index contributed by atoms with van der Waals surface area (Å²) in [6.07, 6.45) is 1.65. The summed E-state index contributed by atoms with van der Waals surface area (Å²) in [7, 11) is 0. The molecule has 124 valence electrons. The highest BCUT2D eigenvalue weighted by Gasteiger charge is 2.16. The minimum absolute atomic E-state index is 0.264. The van der Waals surface area contributed by atoms with Crippen molar-refractivity contribution in [2.24, 2.45) is 0 Å². The number of halogens is 2. The van der Waals surface area contributed by atoms with E-state index in [9.17, 15) is 4.79 Å². The Kier molecular flexibility index (Phi) is 3.82. The summed E-state index contributed by atoms with van der Waals surface area (Å²) in [4.78, 5) is 13.1. The van der Waals surface area contributed by atoms with Gasteiger partial charge in [0.15, 0.2) is 0 Å². The Morgan fingerprint density at radius 2 is 1.68 bits per heavy atom. The third kappa shape index (κ3) is 2.71. The highest BCUT2D eigenvalue weighted by Crippen LogP contribution is 2.20. The number of fused-ring (bicyclic) bond motifs is 1. The molecule has 25 heavy (non-hydrogen) atoms. The van der Waals surface area contributed by atoms with E-state index in [1.165, 1.54) is 4.68 Å². The van der Waals surface area contributed by atoms with Gasteiger partial charge in [-0.15, -0.1) is 0 Å². The summed E-state index contributed by atoms with van der Waals surface area (Å²) in [5.41, 5.74) is 2.24. The van der Waals surface area contributed by atoms with Gasteiger partial charge in [0.1, 0.15) is 5.52 Å². The number of hydrogen-bond donors (Lipinski definition) is 0. The van der Waals surface area contributed by atoms with Crippen LogP contribution in [0.5, 0.6) is 0 Å². The maximum atomic E-state index is 13.1. The van der Waals surface area contributed by atoms with E-state index in [1.807, 2.05) is 19.1 Å². The largest absolute Gasteiger partial charge is 0.298 e. The van der Waals surface area contributed by atoms with Crippen LogP contribution in [0.25, 0.3) is 22.3 Å². The van der Waals surface area contributed by atoms with E-state index in [1.54, 1.807) is 47.3 Å². The SMILES string of the molecule is Cc1nn(-c2ccc(Cl)cc2)c(=O)c2c1cnn2-c1cccc(Cl)c1. The Hall–Kier alpha value is -2.63. The molecule has 0 N–H and O–H groups in total. The molecule has 0 radical (unpaired) electrons. The monoisotopic (exact) mass is 370 g/mol. The minimum Gasteiger partial charge on any atom is -0.265 e. The van der Waals surface area contributed by atoms with Crippen molar-refractivity contribution in [1.29, 1.82) is 0 Å². The van der Waals surface area contributed by atoms with Gasteiger partial charge < -0.3 is 0 Å². The predicted octanol–water partition coefficient (Wildman–Crippen LogP) is 4.19. The Balaban J connectivity index is 2.02. The van der Waals surface area contributed by atoms with Gasteiger partial charge in [-0.2, -0.15) is 14.9 Å². The van der Waals surface area contributed by atoms with Gasteiger partial charge in [-0.1, -0.05) is 29.3 Å². The average molecular weight is 371 g/mol. The molecule has 2 aromatic heterocycles. The van der Waals surface area contributed by atoms with Gasteiger partial charge >= 0.3 is 0 Å². The first kappa shape index (κ1) is 15.9. The number of benzene rings is 2. The lowest BCUT2D eigenvalue weighted by Crippen LogP contribution is -2.24. The molecule has 0 unspecified atom stereocenters. The maximum absolute atomic E-state index is 13.1. The Morgan fingerprint density at radius 3 is 2.40 bits per heavy atom. The minimum atomic E-state index is -0.264. The lowest BCUT2D eigenvalue weighted by Gasteiger charge is -2.09. The van der Waals surface area contributed by atoms with Gasteiger partial charge in [0.25, 0.3) is 5.56 Å². The first-order chi connectivity index (χ1) is 12.0. The molecule has 0 saturated carbocycles.